The van der Waals surface area contributed by atoms with Crippen LogP contribution in [0.15, 0.2) is 11.8 Å². The van der Waals surface area contributed by atoms with Crippen LogP contribution >= 0.6 is 0 Å². The molecule has 2 N–H and O–H groups in total. The van der Waals surface area contributed by atoms with Crippen LogP contribution < -0.4 is 5.73 Å². The van der Waals surface area contributed by atoms with Crippen LogP contribution in [0.4, 0.5) is 0 Å². The Labute approximate surface area is 85.5 Å². The Kier molecular flexibility index (Phi) is 2.05. The molecule has 1 aliphatic heterocycles. The second kappa shape index (κ2) is 3.27. The topological polar surface area (TPSA) is 35.2 Å². The van der Waals surface area contributed by atoms with Crippen LogP contribution in [0.3, 0.4) is 0 Å². The number of ether oxygens (including phenoxy) is 1. The summed E-state index contributed by atoms with van der Waals surface area (Å²) in [5.74, 6) is 2.83. The zero-order chi connectivity index (χ0) is 9.54. The molecule has 1 heterocycles. The molecule has 0 aromatic rings. The van der Waals surface area contributed by atoms with Crippen LogP contribution in [-0.4, -0.2) is 12.6 Å². The summed E-state index contributed by atoms with van der Waals surface area (Å²) >= 11 is 0. The van der Waals surface area contributed by atoms with Crippen molar-refractivity contribution in [1.29, 1.82) is 0 Å². The number of fused-ring (bicyclic) bond motifs is 1. The highest BCUT2D eigenvalue weighted by Crippen LogP contribution is 2.55. The molecule has 2 saturated carbocycles. The van der Waals surface area contributed by atoms with Gasteiger partial charge in [0.05, 0.1) is 12.9 Å². The molecule has 2 fully saturated rings. The third-order valence-corrected chi connectivity index (χ3v) is 4.18. The molecule has 0 bridgehead atoms. The molecular formula is C12H19NO. The molecule has 0 aromatic heterocycles. The van der Waals surface area contributed by atoms with Crippen LogP contribution in [0, 0.1) is 17.8 Å². The van der Waals surface area contributed by atoms with Crippen LogP contribution in [-0.2, 0) is 4.74 Å². The Morgan fingerprint density at radius 2 is 2.07 bits per heavy atom. The molecule has 2 heteroatoms. The van der Waals surface area contributed by atoms with Crippen molar-refractivity contribution in [2.45, 2.75) is 38.1 Å². The Morgan fingerprint density at radius 1 is 1.29 bits per heavy atom. The lowest BCUT2D eigenvalue weighted by molar-refractivity contribution is 0.217. The van der Waals surface area contributed by atoms with Gasteiger partial charge in [0.2, 0.25) is 0 Å². The first-order valence-electron chi connectivity index (χ1n) is 5.90. The van der Waals surface area contributed by atoms with Gasteiger partial charge in [-0.05, 0) is 55.4 Å². The molecule has 3 aliphatic rings. The molecule has 3 unspecified atom stereocenters. The summed E-state index contributed by atoms with van der Waals surface area (Å²) in [6.07, 6.45) is 8.48. The van der Waals surface area contributed by atoms with Gasteiger partial charge in [-0.15, -0.1) is 0 Å². The van der Waals surface area contributed by atoms with Crippen molar-refractivity contribution in [3.05, 3.63) is 11.8 Å². The minimum Gasteiger partial charge on any atom is -0.501 e. The van der Waals surface area contributed by atoms with Crippen LogP contribution in [0.1, 0.15) is 32.1 Å². The fourth-order valence-corrected chi connectivity index (χ4v) is 3.19. The van der Waals surface area contributed by atoms with E-state index in [1.807, 2.05) is 6.26 Å². The lowest BCUT2D eigenvalue weighted by atomic mass is 9.88. The van der Waals surface area contributed by atoms with Gasteiger partial charge in [0.1, 0.15) is 0 Å². The predicted molar refractivity (Wildman–Crippen MR) is 55.6 cm³/mol. The van der Waals surface area contributed by atoms with Crippen molar-refractivity contribution in [2.75, 3.05) is 6.61 Å². The maximum Gasteiger partial charge on any atom is 0.0876 e. The van der Waals surface area contributed by atoms with E-state index in [2.05, 4.69) is 0 Å². The lowest BCUT2D eigenvalue weighted by Gasteiger charge is -2.25. The van der Waals surface area contributed by atoms with Crippen LogP contribution in [0.25, 0.3) is 0 Å². The zero-order valence-electron chi connectivity index (χ0n) is 8.61. The summed E-state index contributed by atoms with van der Waals surface area (Å²) in [5.41, 5.74) is 7.65. The first-order chi connectivity index (χ1) is 6.84. The third kappa shape index (κ3) is 1.46. The standard InChI is InChI=1S/C12H19NO/c13-12(8-2-1-3-14-7-8)11-5-9-4-10(9)6-11/h7,9-12H,1-6,13H2. The zero-order valence-corrected chi connectivity index (χ0v) is 8.61. The van der Waals surface area contributed by atoms with Gasteiger partial charge < -0.3 is 10.5 Å². The maximum atomic E-state index is 6.29. The van der Waals surface area contributed by atoms with Gasteiger partial charge in [-0.1, -0.05) is 0 Å². The highest BCUT2D eigenvalue weighted by Gasteiger charge is 2.47. The van der Waals surface area contributed by atoms with Crippen molar-refractivity contribution < 1.29 is 4.74 Å². The Morgan fingerprint density at radius 3 is 2.71 bits per heavy atom. The largest absolute Gasteiger partial charge is 0.501 e. The van der Waals surface area contributed by atoms with E-state index in [1.165, 1.54) is 24.8 Å². The average Bonchev–Trinajstić information content (AvgIpc) is 2.86. The molecule has 3 rings (SSSR count). The SMILES string of the molecule is NC(C1=COCCC1)C1CC2CC2C1. The monoisotopic (exact) mass is 193 g/mol. The minimum atomic E-state index is 0.295. The number of rotatable bonds is 2. The van der Waals surface area contributed by atoms with Crippen molar-refractivity contribution in [3.8, 4) is 0 Å². The number of hydrogen-bond acceptors (Lipinski definition) is 2. The van der Waals surface area contributed by atoms with Gasteiger partial charge in [-0.2, -0.15) is 0 Å². The molecule has 0 spiro atoms. The van der Waals surface area contributed by atoms with E-state index in [9.17, 15) is 0 Å². The molecule has 78 valence electrons. The number of nitrogens with two attached hydrogens (primary N) is 1. The van der Waals surface area contributed by atoms with E-state index < -0.39 is 0 Å². The van der Waals surface area contributed by atoms with E-state index in [4.69, 9.17) is 10.5 Å². The van der Waals surface area contributed by atoms with Crippen molar-refractivity contribution in [2.24, 2.45) is 23.5 Å². The summed E-state index contributed by atoms with van der Waals surface area (Å²) in [4.78, 5) is 0. The normalized spacial score (nSPS) is 42.4. The lowest BCUT2D eigenvalue weighted by Crippen LogP contribution is -2.32. The van der Waals surface area contributed by atoms with Gasteiger partial charge >= 0.3 is 0 Å². The molecular weight excluding hydrogens is 174 g/mol. The summed E-state index contributed by atoms with van der Waals surface area (Å²) in [5, 5.41) is 0. The summed E-state index contributed by atoms with van der Waals surface area (Å²) < 4.78 is 5.36. The molecule has 0 amide bonds. The second-order valence-corrected chi connectivity index (χ2v) is 5.18. The van der Waals surface area contributed by atoms with E-state index in [1.54, 1.807) is 0 Å². The Hall–Kier alpha value is -0.500. The Balaban J connectivity index is 1.63. The maximum absolute atomic E-state index is 6.29. The minimum absolute atomic E-state index is 0.295. The highest BCUT2D eigenvalue weighted by molar-refractivity contribution is 5.14. The molecule has 2 aliphatic carbocycles. The van der Waals surface area contributed by atoms with E-state index in [0.29, 0.717) is 6.04 Å². The summed E-state index contributed by atoms with van der Waals surface area (Å²) in [7, 11) is 0. The van der Waals surface area contributed by atoms with E-state index in [0.717, 1.165) is 37.2 Å². The van der Waals surface area contributed by atoms with Crippen molar-refractivity contribution >= 4 is 0 Å². The summed E-state index contributed by atoms with van der Waals surface area (Å²) in [6, 6.07) is 0.295. The molecule has 0 radical (unpaired) electrons. The van der Waals surface area contributed by atoms with Gasteiger partial charge in [-0.3, -0.25) is 0 Å². The smallest absolute Gasteiger partial charge is 0.0876 e. The molecule has 14 heavy (non-hydrogen) atoms. The van der Waals surface area contributed by atoms with Gasteiger partial charge in [-0.25, -0.2) is 0 Å². The average molecular weight is 193 g/mol. The predicted octanol–water partition coefficient (Wildman–Crippen LogP) is 2.05. The van der Waals surface area contributed by atoms with E-state index >= 15 is 0 Å². The fraction of sp³-hybridized carbons (Fsp3) is 0.833. The quantitative estimate of drug-likeness (QED) is 0.728. The fourth-order valence-electron chi connectivity index (χ4n) is 3.19. The Bertz CT molecular complexity index is 251. The van der Waals surface area contributed by atoms with Gasteiger partial charge in [0.15, 0.2) is 0 Å². The third-order valence-electron chi connectivity index (χ3n) is 4.18. The molecule has 2 nitrogen and oxygen atoms in total. The number of hydrogen-bond donors (Lipinski definition) is 1. The van der Waals surface area contributed by atoms with E-state index in [-0.39, 0.29) is 0 Å². The second-order valence-electron chi connectivity index (χ2n) is 5.18. The van der Waals surface area contributed by atoms with Crippen molar-refractivity contribution in [3.63, 3.8) is 0 Å². The first-order valence-corrected chi connectivity index (χ1v) is 5.90. The van der Waals surface area contributed by atoms with Gasteiger partial charge in [0, 0.05) is 6.04 Å². The molecule has 0 aromatic carbocycles. The van der Waals surface area contributed by atoms with Crippen molar-refractivity contribution in [1.82, 2.24) is 0 Å². The highest BCUT2D eigenvalue weighted by atomic mass is 16.5. The summed E-state index contributed by atoms with van der Waals surface area (Å²) in [6.45, 7) is 0.881. The van der Waals surface area contributed by atoms with Crippen LogP contribution in [0.2, 0.25) is 0 Å². The molecule has 3 atom stereocenters. The van der Waals surface area contributed by atoms with Crippen LogP contribution in [0.5, 0.6) is 0 Å². The van der Waals surface area contributed by atoms with Gasteiger partial charge in [0.25, 0.3) is 0 Å². The molecule has 0 saturated heterocycles. The first kappa shape index (κ1) is 8.78.